The lowest BCUT2D eigenvalue weighted by Crippen LogP contribution is -2.18. The van der Waals surface area contributed by atoms with Gasteiger partial charge in [0.2, 0.25) is 0 Å². The van der Waals surface area contributed by atoms with Crippen molar-refractivity contribution in [2.24, 2.45) is 0 Å². The standard InChI is InChI=1S/C11H12BrClFNO/c1-2-15-6-5-9(16)7-3-4-8(12)10(13)11(7)14/h3-4,15H,2,5-6H2,1H3. The van der Waals surface area contributed by atoms with Gasteiger partial charge in [-0.15, -0.1) is 0 Å². The number of hydrogen-bond donors (Lipinski definition) is 1. The number of benzene rings is 1. The van der Waals surface area contributed by atoms with Crippen LogP contribution in [0.2, 0.25) is 5.02 Å². The second-order valence-electron chi connectivity index (χ2n) is 3.25. The molecule has 0 bridgehead atoms. The topological polar surface area (TPSA) is 29.1 Å². The van der Waals surface area contributed by atoms with Crippen molar-refractivity contribution in [3.8, 4) is 0 Å². The summed E-state index contributed by atoms with van der Waals surface area (Å²) in [5.41, 5.74) is 0.0473. The van der Waals surface area contributed by atoms with Gasteiger partial charge in [-0.05, 0) is 34.6 Å². The third-order valence-electron chi connectivity index (χ3n) is 2.11. The summed E-state index contributed by atoms with van der Waals surface area (Å²) in [6, 6.07) is 3.02. The van der Waals surface area contributed by atoms with Gasteiger partial charge in [-0.2, -0.15) is 0 Å². The maximum atomic E-state index is 13.6. The molecule has 0 fully saturated rings. The fraction of sp³-hybridized carbons (Fsp3) is 0.364. The van der Waals surface area contributed by atoms with Crippen LogP contribution in [0.5, 0.6) is 0 Å². The van der Waals surface area contributed by atoms with E-state index >= 15 is 0 Å². The molecule has 0 radical (unpaired) electrons. The number of halogens is 3. The van der Waals surface area contributed by atoms with Gasteiger partial charge in [-0.1, -0.05) is 18.5 Å². The van der Waals surface area contributed by atoms with Crippen molar-refractivity contribution in [2.45, 2.75) is 13.3 Å². The summed E-state index contributed by atoms with van der Waals surface area (Å²) >= 11 is 8.80. The Balaban J connectivity index is 2.80. The second-order valence-corrected chi connectivity index (χ2v) is 4.48. The summed E-state index contributed by atoms with van der Waals surface area (Å²) in [5.74, 6) is -0.898. The molecule has 0 heterocycles. The molecule has 0 amide bonds. The van der Waals surface area contributed by atoms with Gasteiger partial charge >= 0.3 is 0 Å². The van der Waals surface area contributed by atoms with E-state index in [1.807, 2.05) is 6.92 Å². The van der Waals surface area contributed by atoms with E-state index in [0.717, 1.165) is 6.54 Å². The first kappa shape index (κ1) is 13.6. The van der Waals surface area contributed by atoms with Crippen molar-refractivity contribution in [1.29, 1.82) is 0 Å². The van der Waals surface area contributed by atoms with Crippen LogP contribution in [-0.2, 0) is 0 Å². The van der Waals surface area contributed by atoms with Crippen LogP contribution in [0.15, 0.2) is 16.6 Å². The highest BCUT2D eigenvalue weighted by molar-refractivity contribution is 9.10. The summed E-state index contributed by atoms with van der Waals surface area (Å²) < 4.78 is 14.1. The van der Waals surface area contributed by atoms with Crippen molar-refractivity contribution in [2.75, 3.05) is 13.1 Å². The van der Waals surface area contributed by atoms with Crippen LogP contribution < -0.4 is 5.32 Å². The molecule has 0 aliphatic carbocycles. The summed E-state index contributed by atoms with van der Waals surface area (Å²) in [7, 11) is 0. The Morgan fingerprint density at radius 2 is 2.25 bits per heavy atom. The predicted octanol–water partition coefficient (Wildman–Crippen LogP) is 3.42. The lowest BCUT2D eigenvalue weighted by molar-refractivity contribution is 0.0979. The number of ketones is 1. The number of carbonyl (C=O) groups excluding carboxylic acids is 1. The Morgan fingerprint density at radius 1 is 1.56 bits per heavy atom. The Kier molecular flexibility index (Phi) is 5.38. The first-order chi connectivity index (χ1) is 7.57. The van der Waals surface area contributed by atoms with E-state index < -0.39 is 5.82 Å². The molecule has 5 heteroatoms. The SMILES string of the molecule is CCNCCC(=O)c1ccc(Br)c(Cl)c1F. The van der Waals surface area contributed by atoms with Gasteiger partial charge in [0.05, 0.1) is 10.6 Å². The zero-order valence-electron chi connectivity index (χ0n) is 8.82. The lowest BCUT2D eigenvalue weighted by Gasteiger charge is -2.05. The van der Waals surface area contributed by atoms with Gasteiger partial charge < -0.3 is 5.32 Å². The number of Topliss-reactive ketones (excluding diaryl/α,β-unsaturated/α-hetero) is 1. The quantitative estimate of drug-likeness (QED) is 0.513. The average Bonchev–Trinajstić information content (AvgIpc) is 2.26. The number of nitrogens with one attached hydrogen (secondary N) is 1. The minimum Gasteiger partial charge on any atom is -0.317 e. The molecule has 88 valence electrons. The highest BCUT2D eigenvalue weighted by atomic mass is 79.9. The van der Waals surface area contributed by atoms with Gasteiger partial charge in [0, 0.05) is 17.4 Å². The van der Waals surface area contributed by atoms with Gasteiger partial charge in [0.1, 0.15) is 0 Å². The molecule has 16 heavy (non-hydrogen) atoms. The fourth-order valence-electron chi connectivity index (χ4n) is 1.25. The monoisotopic (exact) mass is 307 g/mol. The zero-order valence-corrected chi connectivity index (χ0v) is 11.2. The molecule has 1 rings (SSSR count). The van der Waals surface area contributed by atoms with Gasteiger partial charge in [-0.25, -0.2) is 4.39 Å². The zero-order chi connectivity index (χ0) is 12.1. The molecule has 0 aromatic heterocycles. The van der Waals surface area contributed by atoms with Crippen LogP contribution in [0.1, 0.15) is 23.7 Å². The normalized spacial score (nSPS) is 10.5. The molecule has 0 aliphatic rings. The molecule has 0 saturated heterocycles. The molecule has 0 saturated carbocycles. The molecule has 1 N–H and O–H groups in total. The Hall–Kier alpha value is -0.450. The van der Waals surface area contributed by atoms with Gasteiger partial charge in [-0.3, -0.25) is 4.79 Å². The highest BCUT2D eigenvalue weighted by Gasteiger charge is 2.15. The molecule has 1 aromatic carbocycles. The Labute approximate surface area is 107 Å². The Bertz CT molecular complexity index is 398. The van der Waals surface area contributed by atoms with Gasteiger partial charge in [0.15, 0.2) is 11.6 Å². The number of hydrogen-bond acceptors (Lipinski definition) is 2. The van der Waals surface area contributed by atoms with Crippen molar-refractivity contribution in [3.05, 3.63) is 33.0 Å². The molecule has 0 aliphatic heterocycles. The van der Waals surface area contributed by atoms with Crippen LogP contribution in [0.25, 0.3) is 0 Å². The van der Waals surface area contributed by atoms with E-state index in [1.165, 1.54) is 6.07 Å². The first-order valence-corrected chi connectivity index (χ1v) is 6.12. The highest BCUT2D eigenvalue weighted by Crippen LogP contribution is 2.27. The molecule has 2 nitrogen and oxygen atoms in total. The maximum absolute atomic E-state index is 13.6. The second kappa shape index (κ2) is 6.33. The summed E-state index contributed by atoms with van der Waals surface area (Å²) in [6.07, 6.45) is 0.267. The van der Waals surface area contributed by atoms with Crippen LogP contribution in [0.4, 0.5) is 4.39 Å². The molecular formula is C11H12BrClFNO. The molecule has 0 unspecified atom stereocenters. The third kappa shape index (κ3) is 3.27. The minimum absolute atomic E-state index is 0.0469. The number of carbonyl (C=O) groups is 1. The lowest BCUT2D eigenvalue weighted by atomic mass is 10.1. The first-order valence-electron chi connectivity index (χ1n) is 4.95. The molecule has 0 atom stereocenters. The van der Waals surface area contributed by atoms with Crippen LogP contribution in [0, 0.1) is 5.82 Å². The van der Waals surface area contributed by atoms with E-state index in [4.69, 9.17) is 11.6 Å². The van der Waals surface area contributed by atoms with Crippen molar-refractivity contribution >= 4 is 33.3 Å². The molecule has 0 spiro atoms. The van der Waals surface area contributed by atoms with Crippen molar-refractivity contribution in [1.82, 2.24) is 5.32 Å². The third-order valence-corrected chi connectivity index (χ3v) is 3.37. The summed E-state index contributed by atoms with van der Waals surface area (Å²) in [5, 5.41) is 2.96. The average molecular weight is 309 g/mol. The summed E-state index contributed by atoms with van der Waals surface area (Å²) in [4.78, 5) is 11.6. The van der Waals surface area contributed by atoms with E-state index in [1.54, 1.807) is 6.07 Å². The van der Waals surface area contributed by atoms with E-state index in [0.29, 0.717) is 11.0 Å². The minimum atomic E-state index is -0.655. The maximum Gasteiger partial charge on any atom is 0.167 e. The van der Waals surface area contributed by atoms with E-state index in [2.05, 4.69) is 21.2 Å². The number of rotatable bonds is 5. The summed E-state index contributed by atoms with van der Waals surface area (Å²) in [6.45, 7) is 3.28. The van der Waals surface area contributed by atoms with Crippen molar-refractivity contribution < 1.29 is 9.18 Å². The Morgan fingerprint density at radius 3 is 2.88 bits per heavy atom. The van der Waals surface area contributed by atoms with Gasteiger partial charge in [0.25, 0.3) is 0 Å². The van der Waals surface area contributed by atoms with E-state index in [9.17, 15) is 9.18 Å². The van der Waals surface area contributed by atoms with E-state index in [-0.39, 0.29) is 22.8 Å². The van der Waals surface area contributed by atoms with Crippen molar-refractivity contribution in [3.63, 3.8) is 0 Å². The largest absolute Gasteiger partial charge is 0.317 e. The van der Waals surface area contributed by atoms with Crippen LogP contribution >= 0.6 is 27.5 Å². The predicted molar refractivity (Wildman–Crippen MR) is 66.6 cm³/mol. The smallest absolute Gasteiger partial charge is 0.167 e. The van der Waals surface area contributed by atoms with Crippen LogP contribution in [0.3, 0.4) is 0 Å². The molecule has 1 aromatic rings. The van der Waals surface area contributed by atoms with Crippen LogP contribution in [-0.4, -0.2) is 18.9 Å². The fourth-order valence-corrected chi connectivity index (χ4v) is 1.73. The molecular weight excluding hydrogens is 296 g/mol.